The summed E-state index contributed by atoms with van der Waals surface area (Å²) in [6, 6.07) is 8.68. The van der Waals surface area contributed by atoms with E-state index in [9.17, 15) is 27.9 Å². The minimum atomic E-state index is -4.42. The number of hydrogen-bond acceptors (Lipinski definition) is 4. The fourth-order valence-electron chi connectivity index (χ4n) is 2.28. The number of allylic oxidation sites excluding steroid dienone is 1. The zero-order valence-electron chi connectivity index (χ0n) is 13.7. The van der Waals surface area contributed by atoms with Gasteiger partial charge in [-0.05, 0) is 42.0 Å². The number of ketones is 1. The first kappa shape index (κ1) is 19.2. The summed E-state index contributed by atoms with van der Waals surface area (Å²) < 4.78 is 42.6. The number of carboxylic acids is 1. The Morgan fingerprint density at radius 2 is 1.77 bits per heavy atom. The summed E-state index contributed by atoms with van der Waals surface area (Å²) in [6.45, 7) is 0. The number of hydrogen-bond donors (Lipinski definition) is 0. The highest BCUT2D eigenvalue weighted by Gasteiger charge is 2.29. The van der Waals surface area contributed by atoms with Crippen LogP contribution in [0.5, 0.6) is 5.75 Å². The number of benzene rings is 2. The number of carboxylic acid groups (broad SMARTS) is 1. The van der Waals surface area contributed by atoms with Crippen LogP contribution in [0.2, 0.25) is 0 Å². The van der Waals surface area contributed by atoms with Crippen molar-refractivity contribution in [1.29, 1.82) is 0 Å². The molecule has 2 rings (SSSR count). The van der Waals surface area contributed by atoms with Crippen molar-refractivity contribution in [3.8, 4) is 5.75 Å². The lowest BCUT2D eigenvalue weighted by Crippen LogP contribution is -2.24. The zero-order valence-corrected chi connectivity index (χ0v) is 13.7. The molecule has 0 atom stereocenters. The molecule has 0 bridgehead atoms. The molecule has 7 heteroatoms. The third kappa shape index (κ3) is 4.95. The topological polar surface area (TPSA) is 66.4 Å². The van der Waals surface area contributed by atoms with Crippen molar-refractivity contribution >= 4 is 17.8 Å². The second kappa shape index (κ2) is 7.86. The van der Waals surface area contributed by atoms with Gasteiger partial charge in [0.25, 0.3) is 0 Å². The molecule has 4 nitrogen and oxygen atoms in total. The van der Waals surface area contributed by atoms with Crippen molar-refractivity contribution in [1.82, 2.24) is 0 Å². The molecule has 0 fully saturated rings. The number of rotatable bonds is 6. The Hall–Kier alpha value is -3.09. The van der Waals surface area contributed by atoms with Crippen molar-refractivity contribution in [2.75, 3.05) is 7.11 Å². The molecule has 0 heterocycles. The van der Waals surface area contributed by atoms with Crippen LogP contribution in [0.4, 0.5) is 13.2 Å². The molecule has 136 valence electrons. The van der Waals surface area contributed by atoms with Gasteiger partial charge in [-0.2, -0.15) is 13.2 Å². The Balaban J connectivity index is 2.18. The van der Waals surface area contributed by atoms with Crippen molar-refractivity contribution < 1.29 is 32.6 Å². The second-order valence-corrected chi connectivity index (χ2v) is 5.39. The van der Waals surface area contributed by atoms with Crippen LogP contribution >= 0.6 is 0 Å². The normalized spacial score (nSPS) is 11.5. The highest BCUT2D eigenvalue weighted by molar-refractivity contribution is 6.07. The number of aliphatic carboxylic acids is 1. The van der Waals surface area contributed by atoms with Gasteiger partial charge >= 0.3 is 6.18 Å². The van der Waals surface area contributed by atoms with Crippen LogP contribution in [0.25, 0.3) is 6.08 Å². The fraction of sp³-hybridized carbons (Fsp3) is 0.158. The zero-order chi connectivity index (χ0) is 19.3. The molecule has 0 saturated heterocycles. The first-order chi connectivity index (χ1) is 12.2. The van der Waals surface area contributed by atoms with Crippen LogP contribution in [0.3, 0.4) is 0 Å². The Kier molecular flexibility index (Phi) is 5.82. The Morgan fingerprint density at radius 3 is 2.31 bits per heavy atom. The summed E-state index contributed by atoms with van der Waals surface area (Å²) in [6.07, 6.45) is -2.25. The molecule has 0 unspecified atom stereocenters. The minimum Gasteiger partial charge on any atom is -0.550 e. The van der Waals surface area contributed by atoms with Gasteiger partial charge in [0.15, 0.2) is 5.78 Å². The molecular formula is C19H14F3O4-. The molecule has 0 saturated carbocycles. The summed E-state index contributed by atoms with van der Waals surface area (Å²) >= 11 is 0. The fourth-order valence-corrected chi connectivity index (χ4v) is 2.28. The quantitative estimate of drug-likeness (QED) is 0.585. The molecule has 0 aliphatic carbocycles. The Morgan fingerprint density at radius 1 is 1.12 bits per heavy atom. The molecule has 0 radical (unpaired) electrons. The largest absolute Gasteiger partial charge is 0.550 e. The molecule has 0 spiro atoms. The highest BCUT2D eigenvalue weighted by atomic mass is 19.4. The number of halogens is 3. The van der Waals surface area contributed by atoms with E-state index in [0.717, 1.165) is 12.1 Å². The van der Waals surface area contributed by atoms with Gasteiger partial charge in [0.1, 0.15) is 5.75 Å². The average Bonchev–Trinajstić information content (AvgIpc) is 2.58. The van der Waals surface area contributed by atoms with Crippen molar-refractivity contribution in [2.24, 2.45) is 0 Å². The number of ether oxygens (including phenoxy) is 1. The van der Waals surface area contributed by atoms with E-state index in [2.05, 4.69) is 0 Å². The highest BCUT2D eigenvalue weighted by Crippen LogP contribution is 2.29. The van der Waals surface area contributed by atoms with E-state index in [1.807, 2.05) is 0 Å². The van der Waals surface area contributed by atoms with Crippen molar-refractivity contribution in [3.63, 3.8) is 0 Å². The number of methoxy groups -OCH3 is 1. The lowest BCUT2D eigenvalue weighted by molar-refractivity contribution is -0.304. The summed E-state index contributed by atoms with van der Waals surface area (Å²) in [7, 11) is 1.38. The third-order valence-electron chi connectivity index (χ3n) is 3.56. The molecule has 0 aliphatic rings. The van der Waals surface area contributed by atoms with Crippen LogP contribution in [0, 0.1) is 0 Å². The van der Waals surface area contributed by atoms with E-state index in [4.69, 9.17) is 4.74 Å². The summed E-state index contributed by atoms with van der Waals surface area (Å²) in [5, 5.41) is 10.8. The summed E-state index contributed by atoms with van der Waals surface area (Å²) in [4.78, 5) is 23.0. The van der Waals surface area contributed by atoms with Crippen LogP contribution in [-0.2, 0) is 17.4 Å². The minimum absolute atomic E-state index is 0.227. The molecular weight excluding hydrogens is 349 g/mol. The van der Waals surface area contributed by atoms with E-state index in [1.165, 1.54) is 49.6 Å². The maximum Gasteiger partial charge on any atom is 0.416 e. The maximum absolute atomic E-state index is 12.5. The number of carbonyl (C=O) groups is 2. The predicted octanol–water partition coefficient (Wildman–Crippen LogP) is 2.90. The van der Waals surface area contributed by atoms with E-state index in [-0.39, 0.29) is 5.56 Å². The predicted molar refractivity (Wildman–Crippen MR) is 86.5 cm³/mol. The van der Waals surface area contributed by atoms with Gasteiger partial charge < -0.3 is 14.6 Å². The summed E-state index contributed by atoms with van der Waals surface area (Å²) in [5.41, 5.74) is 0.171. The molecule has 2 aromatic rings. The van der Waals surface area contributed by atoms with Gasteiger partial charge in [-0.15, -0.1) is 0 Å². The molecule has 2 aromatic carbocycles. The van der Waals surface area contributed by atoms with Crippen molar-refractivity contribution in [3.05, 3.63) is 70.8 Å². The first-order valence-electron chi connectivity index (χ1n) is 7.47. The molecule has 26 heavy (non-hydrogen) atoms. The molecule has 0 aliphatic heterocycles. The van der Waals surface area contributed by atoms with E-state index >= 15 is 0 Å². The second-order valence-electron chi connectivity index (χ2n) is 5.39. The molecule has 0 amide bonds. The van der Waals surface area contributed by atoms with Crippen LogP contribution in [0.1, 0.15) is 27.0 Å². The molecule has 0 N–H and O–H groups in total. The van der Waals surface area contributed by atoms with Gasteiger partial charge in [-0.3, -0.25) is 4.79 Å². The van der Waals surface area contributed by atoms with E-state index in [1.54, 1.807) is 0 Å². The SMILES string of the molecule is COc1ccc(C(=O)/C=C/c2ccc(C(F)(F)F)cc2)cc1CC(=O)[O-]. The Labute approximate surface area is 147 Å². The summed E-state index contributed by atoms with van der Waals surface area (Å²) in [5.74, 6) is -1.42. The van der Waals surface area contributed by atoms with E-state index in [0.29, 0.717) is 16.9 Å². The first-order valence-corrected chi connectivity index (χ1v) is 7.47. The Bertz CT molecular complexity index is 837. The van der Waals surface area contributed by atoms with Gasteiger partial charge in [0.2, 0.25) is 0 Å². The molecule has 0 aromatic heterocycles. The monoisotopic (exact) mass is 363 g/mol. The lowest BCUT2D eigenvalue weighted by atomic mass is 10.0. The average molecular weight is 363 g/mol. The number of alkyl halides is 3. The van der Waals surface area contributed by atoms with Crippen LogP contribution in [0.15, 0.2) is 48.5 Å². The smallest absolute Gasteiger partial charge is 0.416 e. The van der Waals surface area contributed by atoms with Crippen molar-refractivity contribution in [2.45, 2.75) is 12.6 Å². The lowest BCUT2D eigenvalue weighted by Gasteiger charge is -2.10. The van der Waals surface area contributed by atoms with Crippen LogP contribution in [-0.4, -0.2) is 18.9 Å². The maximum atomic E-state index is 12.5. The number of carbonyl (C=O) groups excluding carboxylic acids is 2. The van der Waals surface area contributed by atoms with Crippen LogP contribution < -0.4 is 9.84 Å². The standard InChI is InChI=1S/C19H15F3O4/c1-26-17-9-5-13(10-14(17)11-18(24)25)16(23)8-4-12-2-6-15(7-3-12)19(20,21)22/h2-10H,11H2,1H3,(H,24,25)/p-1/b8-4+. The third-order valence-corrected chi connectivity index (χ3v) is 3.56. The van der Waals surface area contributed by atoms with Gasteiger partial charge in [-0.1, -0.05) is 18.2 Å². The van der Waals surface area contributed by atoms with Gasteiger partial charge in [0.05, 0.1) is 12.7 Å². The van der Waals surface area contributed by atoms with Gasteiger partial charge in [-0.25, -0.2) is 0 Å². The van der Waals surface area contributed by atoms with E-state index < -0.39 is 29.9 Å². The van der Waals surface area contributed by atoms with Gasteiger partial charge in [0, 0.05) is 23.5 Å².